The van der Waals surface area contributed by atoms with E-state index in [-0.39, 0.29) is 35.1 Å². The Morgan fingerprint density at radius 1 is 1.41 bits per heavy atom. The molecule has 1 fully saturated rings. The van der Waals surface area contributed by atoms with Crippen LogP contribution in [0.4, 0.5) is 0 Å². The van der Waals surface area contributed by atoms with Crippen molar-refractivity contribution in [3.05, 3.63) is 28.8 Å². The van der Waals surface area contributed by atoms with Crippen molar-refractivity contribution in [1.29, 1.82) is 0 Å². The topological polar surface area (TPSA) is 69.6 Å². The van der Waals surface area contributed by atoms with Gasteiger partial charge in [-0.05, 0) is 31.0 Å². The summed E-state index contributed by atoms with van der Waals surface area (Å²) >= 11 is 5.89. The molecule has 0 unspecified atom stereocenters. The van der Waals surface area contributed by atoms with Crippen LogP contribution in [0.5, 0.6) is 5.75 Å². The number of carbonyl (C=O) groups excluding carboxylic acids is 2. The molecule has 1 aromatic carbocycles. The molecular formula is C16H21ClN2O3. The summed E-state index contributed by atoms with van der Waals surface area (Å²) in [5.74, 6) is -0.431. The summed E-state index contributed by atoms with van der Waals surface area (Å²) in [6.45, 7) is 4.73. The number of phenolic OH excluding ortho intramolecular Hbond substituents is 1. The third-order valence-electron chi connectivity index (χ3n) is 3.77. The molecular weight excluding hydrogens is 304 g/mol. The Hall–Kier alpha value is -1.75. The molecule has 0 spiro atoms. The highest BCUT2D eigenvalue weighted by Gasteiger charge is 2.27. The fraction of sp³-hybridized carbons (Fsp3) is 0.500. The van der Waals surface area contributed by atoms with Gasteiger partial charge in [-0.25, -0.2) is 0 Å². The summed E-state index contributed by atoms with van der Waals surface area (Å²) in [6.07, 6.45) is 1.67. The van der Waals surface area contributed by atoms with Crippen LogP contribution in [0.1, 0.15) is 37.0 Å². The van der Waals surface area contributed by atoms with Crippen LogP contribution in [0.3, 0.4) is 0 Å². The van der Waals surface area contributed by atoms with Crippen LogP contribution in [0.2, 0.25) is 5.02 Å². The van der Waals surface area contributed by atoms with Gasteiger partial charge in [-0.15, -0.1) is 0 Å². The number of hydrogen-bond acceptors (Lipinski definition) is 3. The van der Waals surface area contributed by atoms with Gasteiger partial charge in [0.05, 0.1) is 5.56 Å². The van der Waals surface area contributed by atoms with E-state index in [1.807, 2.05) is 13.8 Å². The van der Waals surface area contributed by atoms with Crippen LogP contribution in [0, 0.1) is 5.92 Å². The van der Waals surface area contributed by atoms with Gasteiger partial charge in [-0.3, -0.25) is 9.59 Å². The largest absolute Gasteiger partial charge is 0.507 e. The van der Waals surface area contributed by atoms with Gasteiger partial charge >= 0.3 is 0 Å². The highest BCUT2D eigenvalue weighted by molar-refractivity contribution is 6.31. The van der Waals surface area contributed by atoms with Crippen molar-refractivity contribution in [1.82, 2.24) is 10.2 Å². The van der Waals surface area contributed by atoms with Gasteiger partial charge in [0.1, 0.15) is 5.75 Å². The molecule has 0 aromatic heterocycles. The average Bonchev–Trinajstić information content (AvgIpc) is 2.49. The van der Waals surface area contributed by atoms with E-state index in [0.717, 1.165) is 12.8 Å². The minimum Gasteiger partial charge on any atom is -0.507 e. The Kier molecular flexibility index (Phi) is 5.29. The first-order valence-electron chi connectivity index (χ1n) is 7.46. The zero-order chi connectivity index (χ0) is 16.3. The third-order valence-corrected chi connectivity index (χ3v) is 4.00. The molecule has 1 atom stereocenters. The Morgan fingerprint density at radius 2 is 2.14 bits per heavy atom. The van der Waals surface area contributed by atoms with Crippen molar-refractivity contribution in [3.63, 3.8) is 0 Å². The summed E-state index contributed by atoms with van der Waals surface area (Å²) in [5, 5.41) is 13.2. The lowest BCUT2D eigenvalue weighted by Crippen LogP contribution is -2.50. The van der Waals surface area contributed by atoms with Crippen molar-refractivity contribution >= 4 is 23.4 Å². The number of piperidine rings is 1. The lowest BCUT2D eigenvalue weighted by atomic mass is 10.0. The van der Waals surface area contributed by atoms with Gasteiger partial charge in [0.25, 0.3) is 5.91 Å². The minimum atomic E-state index is -0.261. The maximum atomic E-state index is 12.5. The van der Waals surface area contributed by atoms with E-state index in [0.29, 0.717) is 18.1 Å². The molecule has 0 saturated carbocycles. The zero-order valence-corrected chi connectivity index (χ0v) is 13.6. The molecule has 120 valence electrons. The molecule has 5 nitrogen and oxygen atoms in total. The molecule has 1 saturated heterocycles. The van der Waals surface area contributed by atoms with Gasteiger partial charge in [-0.2, -0.15) is 0 Å². The summed E-state index contributed by atoms with van der Waals surface area (Å²) in [6, 6.07) is 4.37. The summed E-state index contributed by atoms with van der Waals surface area (Å²) in [7, 11) is 0. The minimum absolute atomic E-state index is 0.00935. The zero-order valence-electron chi connectivity index (χ0n) is 12.8. The number of rotatable bonds is 3. The smallest absolute Gasteiger partial charge is 0.257 e. The van der Waals surface area contributed by atoms with Gasteiger partial charge in [0.2, 0.25) is 5.91 Å². The Bertz CT molecular complexity index is 575. The number of aromatic hydroxyl groups is 1. The number of hydrogen-bond donors (Lipinski definition) is 2. The fourth-order valence-corrected chi connectivity index (χ4v) is 2.67. The van der Waals surface area contributed by atoms with E-state index >= 15 is 0 Å². The van der Waals surface area contributed by atoms with E-state index in [1.54, 1.807) is 4.90 Å². The van der Waals surface area contributed by atoms with Crippen LogP contribution in [-0.4, -0.2) is 41.0 Å². The monoisotopic (exact) mass is 324 g/mol. The van der Waals surface area contributed by atoms with Crippen LogP contribution >= 0.6 is 11.6 Å². The fourth-order valence-electron chi connectivity index (χ4n) is 2.50. The van der Waals surface area contributed by atoms with Gasteiger partial charge in [0, 0.05) is 30.1 Å². The van der Waals surface area contributed by atoms with Crippen molar-refractivity contribution < 1.29 is 14.7 Å². The van der Waals surface area contributed by atoms with E-state index < -0.39 is 0 Å². The Morgan fingerprint density at radius 3 is 2.82 bits per heavy atom. The van der Waals surface area contributed by atoms with Crippen LogP contribution in [0.25, 0.3) is 0 Å². The van der Waals surface area contributed by atoms with E-state index in [1.165, 1.54) is 18.2 Å². The second-order valence-corrected chi connectivity index (χ2v) is 6.35. The Balaban J connectivity index is 2.07. The van der Waals surface area contributed by atoms with Crippen LogP contribution < -0.4 is 5.32 Å². The number of nitrogens with zero attached hydrogens (tertiary/aromatic N) is 1. The molecule has 1 heterocycles. The van der Waals surface area contributed by atoms with Gasteiger partial charge in [0.15, 0.2) is 0 Å². The first-order valence-corrected chi connectivity index (χ1v) is 7.84. The van der Waals surface area contributed by atoms with Crippen molar-refractivity contribution in [2.24, 2.45) is 5.92 Å². The molecule has 1 aliphatic rings. The highest BCUT2D eigenvalue weighted by atomic mass is 35.5. The maximum absolute atomic E-state index is 12.5. The van der Waals surface area contributed by atoms with Crippen LogP contribution in [0.15, 0.2) is 18.2 Å². The normalized spacial score (nSPS) is 18.4. The predicted molar refractivity (Wildman–Crippen MR) is 85.0 cm³/mol. The second kappa shape index (κ2) is 7.01. The van der Waals surface area contributed by atoms with Crippen LogP contribution in [-0.2, 0) is 4.79 Å². The first-order chi connectivity index (χ1) is 10.4. The molecule has 1 aromatic rings. The standard InChI is InChI=1S/C16H21ClN2O3/c1-10(2)15(21)18-12-4-3-7-19(9-12)16(22)13-8-11(17)5-6-14(13)20/h5-6,8,10,12,20H,3-4,7,9H2,1-2H3,(H,18,21)/t12-/m1/s1. The summed E-state index contributed by atoms with van der Waals surface area (Å²) in [5.41, 5.74) is 0.198. The van der Waals surface area contributed by atoms with Gasteiger partial charge in [-0.1, -0.05) is 25.4 Å². The summed E-state index contributed by atoms with van der Waals surface area (Å²) in [4.78, 5) is 26.0. The maximum Gasteiger partial charge on any atom is 0.257 e. The quantitative estimate of drug-likeness (QED) is 0.897. The number of likely N-dealkylation sites (tertiary alicyclic amines) is 1. The highest BCUT2D eigenvalue weighted by Crippen LogP contribution is 2.24. The molecule has 2 N–H and O–H groups in total. The van der Waals surface area contributed by atoms with E-state index in [2.05, 4.69) is 5.32 Å². The number of nitrogens with one attached hydrogen (secondary N) is 1. The molecule has 2 rings (SSSR count). The van der Waals surface area contributed by atoms with Crippen molar-refractivity contribution in [3.8, 4) is 5.75 Å². The lowest BCUT2D eigenvalue weighted by Gasteiger charge is -2.33. The second-order valence-electron chi connectivity index (χ2n) is 5.92. The van der Waals surface area contributed by atoms with Crippen molar-refractivity contribution in [2.75, 3.05) is 13.1 Å². The number of carbonyl (C=O) groups is 2. The average molecular weight is 325 g/mol. The molecule has 2 amide bonds. The molecule has 6 heteroatoms. The molecule has 1 aliphatic heterocycles. The molecule has 0 aliphatic carbocycles. The van der Waals surface area contributed by atoms with Crippen molar-refractivity contribution in [2.45, 2.75) is 32.7 Å². The predicted octanol–water partition coefficient (Wildman–Crippen LogP) is 2.42. The van der Waals surface area contributed by atoms with E-state index in [4.69, 9.17) is 11.6 Å². The third kappa shape index (κ3) is 3.91. The number of benzene rings is 1. The number of halogens is 1. The first kappa shape index (κ1) is 16.6. The number of amides is 2. The summed E-state index contributed by atoms with van der Waals surface area (Å²) < 4.78 is 0. The number of phenols is 1. The SMILES string of the molecule is CC(C)C(=O)N[C@@H]1CCCN(C(=O)c2cc(Cl)ccc2O)C1. The van der Waals surface area contributed by atoms with Gasteiger partial charge < -0.3 is 15.3 Å². The lowest BCUT2D eigenvalue weighted by molar-refractivity contribution is -0.125. The van der Waals surface area contributed by atoms with E-state index in [9.17, 15) is 14.7 Å². The molecule has 0 radical (unpaired) electrons. The molecule has 0 bridgehead atoms. The Labute approximate surface area is 135 Å². The molecule has 22 heavy (non-hydrogen) atoms.